The lowest BCUT2D eigenvalue weighted by Crippen LogP contribution is -2.11. The van der Waals surface area contributed by atoms with E-state index in [1.807, 2.05) is 6.07 Å². The number of hydrogen-bond donors (Lipinski definition) is 1. The smallest absolute Gasteiger partial charge is 0.238 e. The summed E-state index contributed by atoms with van der Waals surface area (Å²) in [6.45, 7) is 0. The molecule has 2 aromatic carbocycles. The number of benzene rings is 2. The van der Waals surface area contributed by atoms with Crippen molar-refractivity contribution in [3.63, 3.8) is 0 Å². The molecule has 0 fully saturated rings. The lowest BCUT2D eigenvalue weighted by atomic mass is 9.97. The summed E-state index contributed by atoms with van der Waals surface area (Å²) in [6.07, 6.45) is 3.61. The van der Waals surface area contributed by atoms with Crippen LogP contribution >= 0.6 is 0 Å². The van der Waals surface area contributed by atoms with Crippen LogP contribution in [0.15, 0.2) is 52.9 Å². The van der Waals surface area contributed by atoms with E-state index in [4.69, 9.17) is 9.88 Å². The first-order valence-electron chi connectivity index (χ1n) is 8.05. The second kappa shape index (κ2) is 6.98. The highest BCUT2D eigenvalue weighted by Gasteiger charge is 2.18. The predicted octanol–water partition coefficient (Wildman–Crippen LogP) is 3.66. The van der Waals surface area contributed by atoms with Gasteiger partial charge >= 0.3 is 0 Å². The van der Waals surface area contributed by atoms with Crippen LogP contribution in [0.25, 0.3) is 5.57 Å². The molecule has 0 aliphatic heterocycles. The van der Waals surface area contributed by atoms with Crippen molar-refractivity contribution < 1.29 is 17.5 Å². The third-order valence-electron chi connectivity index (χ3n) is 4.50. The normalized spacial score (nSPS) is 14.8. The van der Waals surface area contributed by atoms with Crippen LogP contribution in [0.4, 0.5) is 4.39 Å². The second-order valence-corrected chi connectivity index (χ2v) is 7.71. The van der Waals surface area contributed by atoms with Gasteiger partial charge < -0.3 is 4.74 Å². The minimum atomic E-state index is -3.69. The summed E-state index contributed by atoms with van der Waals surface area (Å²) in [7, 11) is -2.24. The Morgan fingerprint density at radius 3 is 2.44 bits per heavy atom. The molecule has 0 saturated heterocycles. The Labute approximate surface area is 147 Å². The Kier molecular flexibility index (Phi) is 4.92. The monoisotopic (exact) mass is 361 g/mol. The zero-order valence-corrected chi connectivity index (χ0v) is 14.8. The number of rotatable bonds is 5. The Balaban J connectivity index is 1.88. The average molecular weight is 361 g/mol. The average Bonchev–Trinajstić information content (AvgIpc) is 3.02. The van der Waals surface area contributed by atoms with Gasteiger partial charge in [-0.3, -0.25) is 0 Å². The van der Waals surface area contributed by atoms with E-state index in [1.165, 1.54) is 36.5 Å². The molecule has 1 aliphatic rings. The summed E-state index contributed by atoms with van der Waals surface area (Å²) in [4.78, 5) is 0.105. The third kappa shape index (κ3) is 3.91. The maximum atomic E-state index is 13.9. The Morgan fingerprint density at radius 1 is 1.12 bits per heavy atom. The van der Waals surface area contributed by atoms with Crippen molar-refractivity contribution in [3.8, 4) is 5.75 Å². The van der Waals surface area contributed by atoms with Crippen molar-refractivity contribution >= 4 is 15.6 Å². The Morgan fingerprint density at radius 2 is 1.84 bits per heavy atom. The molecule has 25 heavy (non-hydrogen) atoms. The van der Waals surface area contributed by atoms with E-state index in [1.54, 1.807) is 18.2 Å². The lowest BCUT2D eigenvalue weighted by molar-refractivity contribution is 0.386. The van der Waals surface area contributed by atoms with Gasteiger partial charge in [-0.1, -0.05) is 23.8 Å². The molecule has 132 valence electrons. The van der Waals surface area contributed by atoms with Crippen LogP contribution in [0.5, 0.6) is 5.75 Å². The summed E-state index contributed by atoms with van der Waals surface area (Å²) in [6, 6.07) is 11.6. The van der Waals surface area contributed by atoms with E-state index >= 15 is 0 Å². The standard InChI is InChI=1S/C19H20FNO3S/c1-24-19-10-5-13(12-18(19)20)11-15-3-2-4-17(15)14-6-8-16(9-7-14)25(21,22)23/h5-10,12H,2-4,11H2,1H3,(H2,21,22,23). The first kappa shape index (κ1) is 17.6. The molecule has 0 amide bonds. The van der Waals surface area contributed by atoms with Crippen molar-refractivity contribution in [1.29, 1.82) is 0 Å². The maximum Gasteiger partial charge on any atom is 0.238 e. The van der Waals surface area contributed by atoms with Crippen LogP contribution in [0.2, 0.25) is 0 Å². The fourth-order valence-corrected chi connectivity index (χ4v) is 3.78. The van der Waals surface area contributed by atoms with Gasteiger partial charge in [0, 0.05) is 0 Å². The molecular formula is C19H20FNO3S. The highest BCUT2D eigenvalue weighted by Crippen LogP contribution is 2.36. The van der Waals surface area contributed by atoms with E-state index in [0.717, 1.165) is 30.4 Å². The third-order valence-corrected chi connectivity index (χ3v) is 5.43. The lowest BCUT2D eigenvalue weighted by Gasteiger charge is -2.10. The molecule has 2 N–H and O–H groups in total. The van der Waals surface area contributed by atoms with Gasteiger partial charge in [0.2, 0.25) is 10.0 Å². The van der Waals surface area contributed by atoms with Gasteiger partial charge in [-0.2, -0.15) is 0 Å². The zero-order chi connectivity index (χ0) is 18.0. The quantitative estimate of drug-likeness (QED) is 0.883. The molecule has 4 nitrogen and oxygen atoms in total. The van der Waals surface area contributed by atoms with Gasteiger partial charge in [-0.15, -0.1) is 0 Å². The number of ether oxygens (including phenoxy) is 1. The number of sulfonamides is 1. The molecule has 0 spiro atoms. The van der Waals surface area contributed by atoms with E-state index < -0.39 is 10.0 Å². The van der Waals surface area contributed by atoms with Crippen molar-refractivity contribution in [2.75, 3.05) is 7.11 Å². The Hall–Kier alpha value is -2.18. The minimum Gasteiger partial charge on any atom is -0.494 e. The molecule has 2 aromatic rings. The number of halogens is 1. The van der Waals surface area contributed by atoms with Gasteiger partial charge in [0.05, 0.1) is 12.0 Å². The first-order valence-corrected chi connectivity index (χ1v) is 9.59. The van der Waals surface area contributed by atoms with E-state index in [9.17, 15) is 12.8 Å². The minimum absolute atomic E-state index is 0.105. The number of hydrogen-bond acceptors (Lipinski definition) is 3. The fraction of sp³-hybridized carbons (Fsp3) is 0.263. The Bertz CT molecular complexity index is 918. The number of primary sulfonamides is 1. The predicted molar refractivity (Wildman–Crippen MR) is 95.2 cm³/mol. The van der Waals surface area contributed by atoms with Crippen molar-refractivity contribution in [2.45, 2.75) is 30.6 Å². The van der Waals surface area contributed by atoms with Crippen molar-refractivity contribution in [2.24, 2.45) is 5.14 Å². The van der Waals surface area contributed by atoms with Crippen molar-refractivity contribution in [3.05, 3.63) is 65.0 Å². The van der Waals surface area contributed by atoms with Crippen LogP contribution in [0.3, 0.4) is 0 Å². The number of allylic oxidation sites excluding steroid dienone is 2. The zero-order valence-electron chi connectivity index (χ0n) is 14.0. The molecule has 1 aliphatic carbocycles. The highest BCUT2D eigenvalue weighted by molar-refractivity contribution is 7.89. The van der Waals surface area contributed by atoms with Crippen molar-refractivity contribution in [1.82, 2.24) is 0 Å². The van der Waals surface area contributed by atoms with Crippen LogP contribution in [0, 0.1) is 5.82 Å². The van der Waals surface area contributed by atoms with Crippen LogP contribution in [-0.4, -0.2) is 15.5 Å². The summed E-state index contributed by atoms with van der Waals surface area (Å²) in [5, 5.41) is 5.14. The topological polar surface area (TPSA) is 69.4 Å². The second-order valence-electron chi connectivity index (χ2n) is 6.15. The van der Waals surface area contributed by atoms with Gasteiger partial charge in [0.1, 0.15) is 0 Å². The first-order chi connectivity index (χ1) is 11.9. The van der Waals surface area contributed by atoms with E-state index in [0.29, 0.717) is 6.42 Å². The van der Waals surface area contributed by atoms with Crippen LogP contribution in [-0.2, 0) is 16.4 Å². The molecule has 0 radical (unpaired) electrons. The van der Waals surface area contributed by atoms with E-state index in [2.05, 4.69) is 0 Å². The van der Waals surface area contributed by atoms with Gasteiger partial charge in [-0.25, -0.2) is 17.9 Å². The van der Waals surface area contributed by atoms with Crippen LogP contribution < -0.4 is 9.88 Å². The fourth-order valence-electron chi connectivity index (χ4n) is 3.26. The van der Waals surface area contributed by atoms with Gasteiger partial charge in [0.15, 0.2) is 11.6 Å². The molecule has 0 saturated carbocycles. The summed E-state index contributed by atoms with van der Waals surface area (Å²) >= 11 is 0. The number of nitrogens with two attached hydrogens (primary N) is 1. The van der Waals surface area contributed by atoms with Gasteiger partial charge in [0.25, 0.3) is 0 Å². The molecule has 3 rings (SSSR count). The molecule has 0 bridgehead atoms. The summed E-state index contributed by atoms with van der Waals surface area (Å²) in [5.41, 5.74) is 4.35. The maximum absolute atomic E-state index is 13.9. The van der Waals surface area contributed by atoms with Gasteiger partial charge in [-0.05, 0) is 66.6 Å². The van der Waals surface area contributed by atoms with E-state index in [-0.39, 0.29) is 16.5 Å². The molecule has 0 atom stereocenters. The highest BCUT2D eigenvalue weighted by atomic mass is 32.2. The number of methoxy groups -OCH3 is 1. The SMILES string of the molecule is COc1ccc(CC2=C(c3ccc(S(N)(=O)=O)cc3)CCC2)cc1F. The summed E-state index contributed by atoms with van der Waals surface area (Å²) < 4.78 is 41.6. The van der Waals surface area contributed by atoms with Crippen LogP contribution in [0.1, 0.15) is 30.4 Å². The largest absolute Gasteiger partial charge is 0.494 e. The molecule has 6 heteroatoms. The summed E-state index contributed by atoms with van der Waals surface area (Å²) in [5.74, 6) is -0.124. The molecule has 0 heterocycles. The molecule has 0 aromatic heterocycles. The molecular weight excluding hydrogens is 341 g/mol. The molecule has 0 unspecified atom stereocenters.